The molecule has 0 aliphatic carbocycles. The summed E-state index contributed by atoms with van der Waals surface area (Å²) >= 11 is 0. The molecule has 1 heterocycles. The third-order valence-electron chi connectivity index (χ3n) is 2.54. The average molecular weight is 171 g/mol. The minimum atomic E-state index is -0.216. The Morgan fingerprint density at radius 2 is 2.33 bits per heavy atom. The van der Waals surface area contributed by atoms with E-state index in [0.29, 0.717) is 6.04 Å². The molecule has 4 nitrogen and oxygen atoms in total. The van der Waals surface area contributed by atoms with Crippen LogP contribution in [-0.2, 0) is 4.79 Å². The Morgan fingerprint density at radius 3 is 2.58 bits per heavy atom. The summed E-state index contributed by atoms with van der Waals surface area (Å²) in [5.41, 5.74) is 5.26. The summed E-state index contributed by atoms with van der Waals surface area (Å²) in [7, 11) is 1.96. The van der Waals surface area contributed by atoms with Crippen molar-refractivity contribution >= 4 is 5.91 Å². The zero-order valence-corrected chi connectivity index (χ0v) is 7.71. The molecule has 1 saturated heterocycles. The molecule has 0 spiro atoms. The molecule has 1 atom stereocenters. The third-order valence-corrected chi connectivity index (χ3v) is 2.54. The van der Waals surface area contributed by atoms with Crippen molar-refractivity contribution in [2.45, 2.75) is 25.4 Å². The molecule has 4 heteroatoms. The predicted octanol–water partition coefficient (Wildman–Crippen LogP) is -0.846. The van der Waals surface area contributed by atoms with Gasteiger partial charge in [0.1, 0.15) is 0 Å². The van der Waals surface area contributed by atoms with E-state index in [1.54, 1.807) is 0 Å². The maximum atomic E-state index is 11.0. The molecule has 0 aromatic carbocycles. The van der Waals surface area contributed by atoms with Gasteiger partial charge in [0.25, 0.3) is 0 Å². The Morgan fingerprint density at radius 1 is 1.75 bits per heavy atom. The zero-order valence-electron chi connectivity index (χ0n) is 7.71. The number of nitrogens with one attached hydrogen (secondary N) is 1. The van der Waals surface area contributed by atoms with Crippen LogP contribution >= 0.6 is 0 Å². The van der Waals surface area contributed by atoms with Crippen molar-refractivity contribution in [2.24, 2.45) is 5.73 Å². The van der Waals surface area contributed by atoms with Crippen LogP contribution < -0.4 is 11.1 Å². The average Bonchev–Trinajstić information content (AvgIpc) is 1.83. The number of likely N-dealkylation sites (N-methyl/N-ethyl adjacent to an activating group) is 1. The fraction of sp³-hybridized carbons (Fsp3) is 0.875. The first kappa shape index (κ1) is 9.48. The van der Waals surface area contributed by atoms with Gasteiger partial charge in [-0.2, -0.15) is 0 Å². The van der Waals surface area contributed by atoms with E-state index in [-0.39, 0.29) is 11.9 Å². The van der Waals surface area contributed by atoms with Gasteiger partial charge in [0.05, 0.1) is 6.04 Å². The van der Waals surface area contributed by atoms with Gasteiger partial charge < -0.3 is 11.1 Å². The van der Waals surface area contributed by atoms with Gasteiger partial charge in [-0.05, 0) is 13.5 Å². The molecule has 1 rings (SSSR count). The van der Waals surface area contributed by atoms with Gasteiger partial charge in [-0.25, -0.2) is 0 Å². The first-order valence-electron chi connectivity index (χ1n) is 4.38. The smallest absolute Gasteiger partial charge is 0.234 e. The molecule has 0 aromatic rings. The molecule has 70 valence electrons. The summed E-state index contributed by atoms with van der Waals surface area (Å²) in [5.74, 6) is -0.216. The van der Waals surface area contributed by atoms with Crippen molar-refractivity contribution in [2.75, 3.05) is 20.1 Å². The van der Waals surface area contributed by atoms with E-state index >= 15 is 0 Å². The van der Waals surface area contributed by atoms with E-state index in [1.807, 2.05) is 14.0 Å². The minimum Gasteiger partial charge on any atom is -0.368 e. The van der Waals surface area contributed by atoms with Crippen molar-refractivity contribution in [3.05, 3.63) is 0 Å². The van der Waals surface area contributed by atoms with Gasteiger partial charge in [0.2, 0.25) is 5.91 Å². The van der Waals surface area contributed by atoms with Gasteiger partial charge in [-0.15, -0.1) is 0 Å². The van der Waals surface area contributed by atoms with Gasteiger partial charge in [-0.3, -0.25) is 9.69 Å². The molecule has 0 aromatic heterocycles. The van der Waals surface area contributed by atoms with Gasteiger partial charge in [-0.1, -0.05) is 6.92 Å². The number of carbonyl (C=O) groups excluding carboxylic acids is 1. The largest absolute Gasteiger partial charge is 0.368 e. The van der Waals surface area contributed by atoms with Crippen LogP contribution in [0.5, 0.6) is 0 Å². The molecule has 1 aliphatic rings. The standard InChI is InChI=1S/C8H17N3O/c1-3-7(8(9)12)11(2)6-4-10-5-6/h6-7,10H,3-5H2,1-2H3,(H2,9,12). The molecule has 1 unspecified atom stereocenters. The van der Waals surface area contributed by atoms with Crippen molar-refractivity contribution in [1.29, 1.82) is 0 Å². The maximum absolute atomic E-state index is 11.0. The minimum absolute atomic E-state index is 0.0999. The lowest BCUT2D eigenvalue weighted by molar-refractivity contribution is -0.124. The second kappa shape index (κ2) is 3.87. The number of nitrogens with zero attached hydrogens (tertiary/aromatic N) is 1. The lowest BCUT2D eigenvalue weighted by atomic mass is 10.1. The number of hydrogen-bond donors (Lipinski definition) is 2. The Labute approximate surface area is 73.1 Å². The maximum Gasteiger partial charge on any atom is 0.234 e. The Balaban J connectivity index is 2.46. The van der Waals surface area contributed by atoms with Crippen LogP contribution in [0.4, 0.5) is 0 Å². The topological polar surface area (TPSA) is 58.4 Å². The van der Waals surface area contributed by atoms with Gasteiger partial charge in [0, 0.05) is 19.1 Å². The number of nitrogens with two attached hydrogens (primary N) is 1. The Kier molecular flexibility index (Phi) is 3.05. The van der Waals surface area contributed by atoms with Crippen molar-refractivity contribution in [3.8, 4) is 0 Å². The fourth-order valence-electron chi connectivity index (χ4n) is 1.51. The second-order valence-electron chi connectivity index (χ2n) is 3.30. The van der Waals surface area contributed by atoms with Crippen molar-refractivity contribution in [3.63, 3.8) is 0 Å². The molecule has 1 amide bonds. The highest BCUT2D eigenvalue weighted by Crippen LogP contribution is 2.09. The van der Waals surface area contributed by atoms with Gasteiger partial charge in [0.15, 0.2) is 0 Å². The monoisotopic (exact) mass is 171 g/mol. The van der Waals surface area contributed by atoms with Crippen LogP contribution in [-0.4, -0.2) is 43.0 Å². The highest BCUT2D eigenvalue weighted by atomic mass is 16.1. The molecule has 1 fully saturated rings. The quantitative estimate of drug-likeness (QED) is 0.579. The van der Waals surface area contributed by atoms with Crippen molar-refractivity contribution in [1.82, 2.24) is 10.2 Å². The van der Waals surface area contributed by atoms with Crippen molar-refractivity contribution < 1.29 is 4.79 Å². The fourth-order valence-corrected chi connectivity index (χ4v) is 1.51. The van der Waals surface area contributed by atoms with E-state index in [4.69, 9.17) is 5.73 Å². The second-order valence-corrected chi connectivity index (χ2v) is 3.30. The van der Waals surface area contributed by atoms with E-state index in [0.717, 1.165) is 19.5 Å². The first-order valence-corrected chi connectivity index (χ1v) is 4.38. The number of carbonyl (C=O) groups is 1. The van der Waals surface area contributed by atoms with E-state index in [9.17, 15) is 4.79 Å². The number of hydrogen-bond acceptors (Lipinski definition) is 3. The molecule has 3 N–H and O–H groups in total. The summed E-state index contributed by atoms with van der Waals surface area (Å²) < 4.78 is 0. The van der Waals surface area contributed by atoms with Crippen LogP contribution in [0.3, 0.4) is 0 Å². The lowest BCUT2D eigenvalue weighted by Gasteiger charge is -2.39. The van der Waals surface area contributed by atoms with Crippen LogP contribution in [0.25, 0.3) is 0 Å². The molecule has 0 saturated carbocycles. The molecular formula is C8H17N3O. The number of amides is 1. The zero-order chi connectivity index (χ0) is 9.14. The predicted molar refractivity (Wildman–Crippen MR) is 47.7 cm³/mol. The summed E-state index contributed by atoms with van der Waals surface area (Å²) in [4.78, 5) is 13.0. The Hall–Kier alpha value is -0.610. The summed E-state index contributed by atoms with van der Waals surface area (Å²) in [6.07, 6.45) is 0.794. The SMILES string of the molecule is CCC(C(N)=O)N(C)C1CNC1. The summed E-state index contributed by atoms with van der Waals surface area (Å²) in [5, 5.41) is 3.17. The first-order chi connectivity index (χ1) is 5.66. The van der Waals surface area contributed by atoms with Crippen LogP contribution in [0.2, 0.25) is 0 Å². The lowest BCUT2D eigenvalue weighted by Crippen LogP contribution is -2.60. The highest BCUT2D eigenvalue weighted by molar-refractivity contribution is 5.79. The number of rotatable bonds is 4. The van der Waals surface area contributed by atoms with E-state index in [1.165, 1.54) is 0 Å². The molecule has 0 radical (unpaired) electrons. The molecule has 12 heavy (non-hydrogen) atoms. The van der Waals surface area contributed by atoms with Gasteiger partial charge >= 0.3 is 0 Å². The normalized spacial score (nSPS) is 20.6. The van der Waals surface area contributed by atoms with E-state index < -0.39 is 0 Å². The molecule has 0 bridgehead atoms. The van der Waals surface area contributed by atoms with Crippen LogP contribution in [0.15, 0.2) is 0 Å². The Bertz CT molecular complexity index is 168. The van der Waals surface area contributed by atoms with Crippen LogP contribution in [0, 0.1) is 0 Å². The van der Waals surface area contributed by atoms with E-state index in [2.05, 4.69) is 10.2 Å². The molecule has 1 aliphatic heterocycles. The summed E-state index contributed by atoms with van der Waals surface area (Å²) in [6.45, 7) is 3.93. The van der Waals surface area contributed by atoms with Crippen LogP contribution in [0.1, 0.15) is 13.3 Å². The highest BCUT2D eigenvalue weighted by Gasteiger charge is 2.28. The third kappa shape index (κ3) is 1.76. The summed E-state index contributed by atoms with van der Waals surface area (Å²) in [6, 6.07) is 0.388. The molecular weight excluding hydrogens is 154 g/mol. The number of primary amides is 1.